The minimum Gasteiger partial charge on any atom is -0.354 e. The Bertz CT molecular complexity index is 549. The zero-order valence-electron chi connectivity index (χ0n) is 14.3. The molecule has 5 nitrogen and oxygen atoms in total. The second kappa shape index (κ2) is 7.99. The van der Waals surface area contributed by atoms with Crippen molar-refractivity contribution in [2.24, 2.45) is 5.92 Å². The summed E-state index contributed by atoms with van der Waals surface area (Å²) in [5, 5.41) is 5.90. The molecule has 1 aliphatic heterocycles. The third kappa shape index (κ3) is 4.98. The van der Waals surface area contributed by atoms with E-state index in [1.807, 2.05) is 32.0 Å². The highest BCUT2D eigenvalue weighted by Crippen LogP contribution is 2.19. The lowest BCUT2D eigenvalue weighted by Gasteiger charge is -2.31. The van der Waals surface area contributed by atoms with Crippen LogP contribution in [0.2, 0.25) is 0 Å². The fourth-order valence-corrected chi connectivity index (χ4v) is 2.82. The number of nitrogens with one attached hydrogen (secondary N) is 2. The second-order valence-corrected chi connectivity index (χ2v) is 6.41. The van der Waals surface area contributed by atoms with Crippen LogP contribution in [0.4, 0.5) is 10.5 Å². The van der Waals surface area contributed by atoms with Crippen molar-refractivity contribution < 1.29 is 9.59 Å². The molecule has 3 amide bonds. The second-order valence-electron chi connectivity index (χ2n) is 6.41. The maximum Gasteiger partial charge on any atom is 0.321 e. The van der Waals surface area contributed by atoms with E-state index in [1.54, 1.807) is 4.90 Å². The molecule has 0 unspecified atom stereocenters. The standard InChI is InChI=1S/C18H27N3O2/c1-4-14-6-5-7-16(12-14)20-18(23)21-10-8-15(9-11-21)17(22)19-13(2)3/h5-7,12-13,15H,4,8-11H2,1-3H3,(H,19,22)(H,20,23). The molecule has 1 aliphatic rings. The number of carbonyl (C=O) groups excluding carboxylic acids is 2. The summed E-state index contributed by atoms with van der Waals surface area (Å²) < 4.78 is 0. The van der Waals surface area contributed by atoms with Crippen LogP contribution in [0.5, 0.6) is 0 Å². The maximum atomic E-state index is 12.3. The molecule has 0 atom stereocenters. The summed E-state index contributed by atoms with van der Waals surface area (Å²) in [5.74, 6) is 0.126. The summed E-state index contributed by atoms with van der Waals surface area (Å²) in [4.78, 5) is 26.1. The summed E-state index contributed by atoms with van der Waals surface area (Å²) in [6.07, 6.45) is 2.39. The number of hydrogen-bond donors (Lipinski definition) is 2. The molecule has 0 radical (unpaired) electrons. The van der Waals surface area contributed by atoms with Crippen molar-refractivity contribution in [3.8, 4) is 0 Å². The molecule has 1 aromatic rings. The maximum absolute atomic E-state index is 12.3. The van der Waals surface area contributed by atoms with Gasteiger partial charge in [0.2, 0.25) is 5.91 Å². The van der Waals surface area contributed by atoms with Gasteiger partial charge in [-0.05, 0) is 50.8 Å². The molecule has 1 heterocycles. The average Bonchev–Trinajstić information content (AvgIpc) is 2.54. The average molecular weight is 317 g/mol. The summed E-state index contributed by atoms with van der Waals surface area (Å²) in [6.45, 7) is 7.26. The van der Waals surface area contributed by atoms with Crippen molar-refractivity contribution in [1.82, 2.24) is 10.2 Å². The number of anilines is 1. The first-order valence-corrected chi connectivity index (χ1v) is 8.44. The van der Waals surface area contributed by atoms with Crippen LogP contribution in [0.3, 0.4) is 0 Å². The van der Waals surface area contributed by atoms with Crippen molar-refractivity contribution in [3.05, 3.63) is 29.8 Å². The van der Waals surface area contributed by atoms with E-state index in [2.05, 4.69) is 23.6 Å². The largest absolute Gasteiger partial charge is 0.354 e. The van der Waals surface area contributed by atoms with Crippen LogP contribution < -0.4 is 10.6 Å². The van der Waals surface area contributed by atoms with E-state index in [4.69, 9.17) is 0 Å². The number of nitrogens with zero attached hydrogens (tertiary/aromatic N) is 1. The first-order valence-electron chi connectivity index (χ1n) is 8.44. The molecule has 0 saturated carbocycles. The van der Waals surface area contributed by atoms with Gasteiger partial charge < -0.3 is 15.5 Å². The zero-order valence-corrected chi connectivity index (χ0v) is 14.3. The van der Waals surface area contributed by atoms with E-state index in [0.717, 1.165) is 24.9 Å². The van der Waals surface area contributed by atoms with E-state index in [-0.39, 0.29) is 23.9 Å². The molecule has 1 aromatic carbocycles. The van der Waals surface area contributed by atoms with Gasteiger partial charge in [-0.15, -0.1) is 0 Å². The Labute approximate surface area is 138 Å². The topological polar surface area (TPSA) is 61.4 Å². The third-order valence-electron chi connectivity index (χ3n) is 4.17. The molecular weight excluding hydrogens is 290 g/mol. The Morgan fingerprint density at radius 3 is 2.57 bits per heavy atom. The molecular formula is C18H27N3O2. The predicted molar refractivity (Wildman–Crippen MR) is 92.4 cm³/mol. The Morgan fingerprint density at radius 2 is 1.96 bits per heavy atom. The molecule has 2 rings (SSSR count). The lowest BCUT2D eigenvalue weighted by atomic mass is 9.96. The van der Waals surface area contributed by atoms with Crippen molar-refractivity contribution in [3.63, 3.8) is 0 Å². The van der Waals surface area contributed by atoms with Gasteiger partial charge in [-0.25, -0.2) is 4.79 Å². The van der Waals surface area contributed by atoms with Crippen LogP contribution in [0.1, 0.15) is 39.2 Å². The summed E-state index contributed by atoms with van der Waals surface area (Å²) in [6, 6.07) is 7.99. The van der Waals surface area contributed by atoms with Crippen molar-refractivity contribution in [2.45, 2.75) is 46.1 Å². The molecule has 0 bridgehead atoms. The first-order chi connectivity index (χ1) is 11.0. The molecule has 5 heteroatoms. The van der Waals surface area contributed by atoms with Crippen LogP contribution in [0, 0.1) is 5.92 Å². The van der Waals surface area contributed by atoms with E-state index >= 15 is 0 Å². The van der Waals surface area contributed by atoms with E-state index in [0.29, 0.717) is 13.1 Å². The van der Waals surface area contributed by atoms with Crippen molar-refractivity contribution in [1.29, 1.82) is 0 Å². The van der Waals surface area contributed by atoms with Gasteiger partial charge in [-0.1, -0.05) is 19.1 Å². The highest BCUT2D eigenvalue weighted by atomic mass is 16.2. The van der Waals surface area contributed by atoms with Crippen molar-refractivity contribution >= 4 is 17.6 Å². The number of likely N-dealkylation sites (tertiary alicyclic amines) is 1. The molecule has 0 spiro atoms. The number of aryl methyl sites for hydroxylation is 1. The summed E-state index contributed by atoms with van der Waals surface area (Å²) >= 11 is 0. The minimum atomic E-state index is -0.0824. The lowest BCUT2D eigenvalue weighted by molar-refractivity contribution is -0.126. The number of rotatable bonds is 4. The smallest absolute Gasteiger partial charge is 0.321 e. The highest BCUT2D eigenvalue weighted by molar-refractivity contribution is 5.89. The van der Waals surface area contributed by atoms with Crippen LogP contribution in [-0.4, -0.2) is 36.0 Å². The van der Waals surface area contributed by atoms with Gasteiger partial charge in [0.25, 0.3) is 0 Å². The molecule has 126 valence electrons. The predicted octanol–water partition coefficient (Wildman–Crippen LogP) is 3.02. The van der Waals surface area contributed by atoms with Gasteiger partial charge in [0, 0.05) is 30.7 Å². The molecule has 1 fully saturated rings. The van der Waals surface area contributed by atoms with Gasteiger partial charge in [0.05, 0.1) is 0 Å². The number of benzene rings is 1. The van der Waals surface area contributed by atoms with Crippen molar-refractivity contribution in [2.75, 3.05) is 18.4 Å². The number of amides is 3. The van der Waals surface area contributed by atoms with Gasteiger partial charge in [0.15, 0.2) is 0 Å². The minimum absolute atomic E-state index is 0.0184. The Balaban J connectivity index is 1.84. The summed E-state index contributed by atoms with van der Waals surface area (Å²) in [7, 11) is 0. The Morgan fingerprint density at radius 1 is 1.26 bits per heavy atom. The van der Waals surface area contributed by atoms with Crippen LogP contribution in [0.15, 0.2) is 24.3 Å². The molecule has 0 aromatic heterocycles. The van der Waals surface area contributed by atoms with E-state index < -0.39 is 0 Å². The number of carbonyl (C=O) groups is 2. The van der Waals surface area contributed by atoms with Crippen LogP contribution >= 0.6 is 0 Å². The number of urea groups is 1. The number of hydrogen-bond acceptors (Lipinski definition) is 2. The SMILES string of the molecule is CCc1cccc(NC(=O)N2CCC(C(=O)NC(C)C)CC2)c1. The monoisotopic (exact) mass is 317 g/mol. The van der Waals surface area contributed by atoms with Gasteiger partial charge in [0.1, 0.15) is 0 Å². The molecule has 1 saturated heterocycles. The molecule has 0 aliphatic carbocycles. The van der Waals surface area contributed by atoms with Gasteiger partial charge in [-0.2, -0.15) is 0 Å². The highest BCUT2D eigenvalue weighted by Gasteiger charge is 2.27. The molecule has 2 N–H and O–H groups in total. The Hall–Kier alpha value is -2.04. The lowest BCUT2D eigenvalue weighted by Crippen LogP contribution is -2.45. The first kappa shape index (κ1) is 17.3. The third-order valence-corrected chi connectivity index (χ3v) is 4.17. The van der Waals surface area contributed by atoms with Gasteiger partial charge in [-0.3, -0.25) is 4.79 Å². The zero-order chi connectivity index (χ0) is 16.8. The Kier molecular flexibility index (Phi) is 6.02. The summed E-state index contributed by atoms with van der Waals surface area (Å²) in [5.41, 5.74) is 2.03. The number of piperidine rings is 1. The fourth-order valence-electron chi connectivity index (χ4n) is 2.82. The van der Waals surface area contributed by atoms with Crippen LogP contribution in [0.25, 0.3) is 0 Å². The fraction of sp³-hybridized carbons (Fsp3) is 0.556. The quantitative estimate of drug-likeness (QED) is 0.896. The molecule has 23 heavy (non-hydrogen) atoms. The van der Waals surface area contributed by atoms with Gasteiger partial charge >= 0.3 is 6.03 Å². The van der Waals surface area contributed by atoms with Crippen LogP contribution in [-0.2, 0) is 11.2 Å². The van der Waals surface area contributed by atoms with E-state index in [1.165, 1.54) is 5.56 Å². The van der Waals surface area contributed by atoms with E-state index in [9.17, 15) is 9.59 Å². The normalized spacial score (nSPS) is 15.6.